The molecular formula is C13H6ClF3NO2-. The van der Waals surface area contributed by atoms with Crippen LogP contribution in [0.3, 0.4) is 0 Å². The first-order valence-corrected chi connectivity index (χ1v) is 5.71. The van der Waals surface area contributed by atoms with Gasteiger partial charge >= 0.3 is 6.18 Å². The zero-order valence-electron chi connectivity index (χ0n) is 9.74. The third-order valence-electron chi connectivity index (χ3n) is 2.52. The molecule has 7 heteroatoms. The molecule has 3 nitrogen and oxygen atoms in total. The molecule has 0 N–H and O–H groups in total. The van der Waals surface area contributed by atoms with E-state index in [1.54, 1.807) is 0 Å². The van der Waals surface area contributed by atoms with Gasteiger partial charge in [0.25, 0.3) is 0 Å². The standard InChI is InChI=1S/C13H7ClF3NO2/c14-10-1-2-11(18-6-10)7-3-8(12(19)20)5-9(4-7)13(15,16)17/h1-6H,(H,19,20)/p-1. The average Bonchev–Trinajstić information content (AvgIpc) is 2.38. The zero-order valence-corrected chi connectivity index (χ0v) is 10.5. The number of rotatable bonds is 2. The van der Waals surface area contributed by atoms with Crippen molar-refractivity contribution in [3.63, 3.8) is 0 Å². The van der Waals surface area contributed by atoms with Gasteiger partial charge in [-0.2, -0.15) is 13.2 Å². The maximum absolute atomic E-state index is 12.7. The number of carboxylic acids is 1. The van der Waals surface area contributed by atoms with Crippen molar-refractivity contribution >= 4 is 17.6 Å². The predicted octanol–water partition coefficient (Wildman–Crippen LogP) is 2.78. The van der Waals surface area contributed by atoms with E-state index in [-0.39, 0.29) is 11.3 Å². The van der Waals surface area contributed by atoms with Crippen molar-refractivity contribution in [2.45, 2.75) is 6.18 Å². The van der Waals surface area contributed by atoms with Crippen molar-refractivity contribution in [3.8, 4) is 11.3 Å². The number of halogens is 4. The average molecular weight is 301 g/mol. The lowest BCUT2D eigenvalue weighted by molar-refractivity contribution is -0.255. The molecule has 0 amide bonds. The van der Waals surface area contributed by atoms with Gasteiger partial charge in [-0.3, -0.25) is 4.98 Å². The maximum atomic E-state index is 12.7. The van der Waals surface area contributed by atoms with E-state index in [0.29, 0.717) is 11.1 Å². The van der Waals surface area contributed by atoms with Crippen molar-refractivity contribution in [1.29, 1.82) is 0 Å². The molecule has 0 aliphatic carbocycles. The fourth-order valence-corrected chi connectivity index (χ4v) is 1.72. The first kappa shape index (κ1) is 14.3. The number of carbonyl (C=O) groups is 1. The number of aromatic carboxylic acids is 1. The van der Waals surface area contributed by atoms with Crippen molar-refractivity contribution in [1.82, 2.24) is 4.98 Å². The molecule has 0 radical (unpaired) electrons. The Morgan fingerprint density at radius 1 is 1.20 bits per heavy atom. The molecule has 20 heavy (non-hydrogen) atoms. The Labute approximate surface area is 116 Å². The Kier molecular flexibility index (Phi) is 3.67. The minimum absolute atomic E-state index is 0.0238. The number of hydrogen-bond donors (Lipinski definition) is 0. The second-order valence-electron chi connectivity index (χ2n) is 3.95. The highest BCUT2D eigenvalue weighted by atomic mass is 35.5. The number of carbonyl (C=O) groups excluding carboxylic acids is 1. The highest BCUT2D eigenvalue weighted by Gasteiger charge is 2.31. The smallest absolute Gasteiger partial charge is 0.416 e. The molecule has 104 valence electrons. The Bertz CT molecular complexity index is 654. The largest absolute Gasteiger partial charge is 0.545 e. The number of pyridine rings is 1. The van der Waals surface area contributed by atoms with Crippen LogP contribution in [-0.4, -0.2) is 11.0 Å². The summed E-state index contributed by atoms with van der Waals surface area (Å²) in [7, 11) is 0. The third-order valence-corrected chi connectivity index (χ3v) is 2.74. The summed E-state index contributed by atoms with van der Waals surface area (Å²) in [6.45, 7) is 0. The molecule has 1 aromatic heterocycles. The molecule has 0 aliphatic rings. The van der Waals surface area contributed by atoms with Crippen LogP contribution in [0.15, 0.2) is 36.5 Å². The SMILES string of the molecule is O=C([O-])c1cc(-c2ccc(Cl)cn2)cc(C(F)(F)F)c1. The summed E-state index contributed by atoms with van der Waals surface area (Å²) in [5.41, 5.74) is -1.43. The third kappa shape index (κ3) is 3.08. The molecule has 0 unspecified atom stereocenters. The summed E-state index contributed by atoms with van der Waals surface area (Å²) in [6, 6.07) is 5.26. The monoisotopic (exact) mass is 300 g/mol. The van der Waals surface area contributed by atoms with Gasteiger partial charge in [-0.05, 0) is 35.9 Å². The van der Waals surface area contributed by atoms with Crippen LogP contribution >= 0.6 is 11.6 Å². The molecule has 0 fully saturated rings. The molecule has 2 aromatic rings. The molecule has 0 atom stereocenters. The fraction of sp³-hybridized carbons (Fsp3) is 0.0769. The molecule has 2 rings (SSSR count). The van der Waals surface area contributed by atoms with E-state index >= 15 is 0 Å². The quantitative estimate of drug-likeness (QED) is 0.857. The van der Waals surface area contributed by atoms with E-state index in [1.165, 1.54) is 18.3 Å². The fourth-order valence-electron chi connectivity index (χ4n) is 1.60. The van der Waals surface area contributed by atoms with E-state index in [4.69, 9.17) is 11.6 Å². The normalized spacial score (nSPS) is 11.4. The van der Waals surface area contributed by atoms with Gasteiger partial charge in [-0.1, -0.05) is 11.6 Å². The molecule has 1 aromatic carbocycles. The van der Waals surface area contributed by atoms with Crippen LogP contribution < -0.4 is 5.11 Å². The van der Waals surface area contributed by atoms with Crippen LogP contribution in [0.4, 0.5) is 13.2 Å². The number of hydrogen-bond acceptors (Lipinski definition) is 3. The number of nitrogens with zero attached hydrogens (tertiary/aromatic N) is 1. The number of aromatic nitrogens is 1. The summed E-state index contributed by atoms with van der Waals surface area (Å²) < 4.78 is 38.2. The lowest BCUT2D eigenvalue weighted by atomic mass is 10.0. The van der Waals surface area contributed by atoms with E-state index in [2.05, 4.69) is 4.98 Å². The highest BCUT2D eigenvalue weighted by Crippen LogP contribution is 2.33. The Morgan fingerprint density at radius 3 is 2.40 bits per heavy atom. The van der Waals surface area contributed by atoms with Crippen molar-refractivity contribution in [2.75, 3.05) is 0 Å². The molecule has 0 saturated carbocycles. The zero-order chi connectivity index (χ0) is 14.9. The van der Waals surface area contributed by atoms with Crippen LogP contribution in [0.25, 0.3) is 11.3 Å². The van der Waals surface area contributed by atoms with Gasteiger partial charge in [0.05, 0.1) is 22.2 Å². The topological polar surface area (TPSA) is 53.0 Å². The predicted molar refractivity (Wildman–Crippen MR) is 64.0 cm³/mol. The van der Waals surface area contributed by atoms with Crippen molar-refractivity contribution < 1.29 is 23.1 Å². The Balaban J connectivity index is 2.60. The first-order valence-electron chi connectivity index (χ1n) is 5.33. The van der Waals surface area contributed by atoms with Gasteiger partial charge in [-0.15, -0.1) is 0 Å². The second kappa shape index (κ2) is 5.13. The summed E-state index contributed by atoms with van der Waals surface area (Å²) in [6.07, 6.45) is -3.40. The minimum atomic E-state index is -4.66. The first-order chi connectivity index (χ1) is 9.27. The van der Waals surface area contributed by atoms with E-state index in [1.807, 2.05) is 0 Å². The van der Waals surface area contributed by atoms with Gasteiger partial charge in [0.2, 0.25) is 0 Å². The highest BCUT2D eigenvalue weighted by molar-refractivity contribution is 6.30. The van der Waals surface area contributed by atoms with E-state index in [0.717, 1.165) is 12.1 Å². The van der Waals surface area contributed by atoms with Crippen LogP contribution in [0.1, 0.15) is 15.9 Å². The summed E-state index contributed by atoms with van der Waals surface area (Å²) in [5, 5.41) is 11.1. The van der Waals surface area contributed by atoms with Gasteiger partial charge in [0.1, 0.15) is 0 Å². The molecule has 0 bridgehead atoms. The summed E-state index contributed by atoms with van der Waals surface area (Å²) in [5.74, 6) is -1.69. The molecular weight excluding hydrogens is 295 g/mol. The number of benzene rings is 1. The van der Waals surface area contributed by atoms with Gasteiger partial charge in [-0.25, -0.2) is 0 Å². The Morgan fingerprint density at radius 2 is 1.90 bits per heavy atom. The molecule has 0 saturated heterocycles. The van der Waals surface area contributed by atoms with Gasteiger partial charge in [0, 0.05) is 11.8 Å². The summed E-state index contributed by atoms with van der Waals surface area (Å²) >= 11 is 5.64. The van der Waals surface area contributed by atoms with Gasteiger partial charge in [0.15, 0.2) is 0 Å². The van der Waals surface area contributed by atoms with Crippen molar-refractivity contribution in [2.24, 2.45) is 0 Å². The lowest BCUT2D eigenvalue weighted by Crippen LogP contribution is -2.23. The van der Waals surface area contributed by atoms with Crippen LogP contribution in [-0.2, 0) is 6.18 Å². The second-order valence-corrected chi connectivity index (χ2v) is 4.38. The van der Waals surface area contributed by atoms with E-state index < -0.39 is 23.3 Å². The van der Waals surface area contributed by atoms with Gasteiger partial charge < -0.3 is 9.90 Å². The Hall–Kier alpha value is -2.08. The minimum Gasteiger partial charge on any atom is -0.545 e. The maximum Gasteiger partial charge on any atom is 0.416 e. The molecule has 1 heterocycles. The van der Waals surface area contributed by atoms with Crippen LogP contribution in [0.2, 0.25) is 5.02 Å². The molecule has 0 aliphatic heterocycles. The number of alkyl halides is 3. The number of carboxylic acid groups (broad SMARTS) is 1. The van der Waals surface area contributed by atoms with Crippen molar-refractivity contribution in [3.05, 3.63) is 52.7 Å². The summed E-state index contributed by atoms with van der Waals surface area (Å²) in [4.78, 5) is 14.7. The van der Waals surface area contributed by atoms with Crippen LogP contribution in [0, 0.1) is 0 Å². The van der Waals surface area contributed by atoms with Crippen LogP contribution in [0.5, 0.6) is 0 Å². The lowest BCUT2D eigenvalue weighted by Gasteiger charge is -2.12. The molecule has 0 spiro atoms. The van der Waals surface area contributed by atoms with E-state index in [9.17, 15) is 23.1 Å².